The van der Waals surface area contributed by atoms with Gasteiger partial charge in [-0.1, -0.05) is 6.07 Å². The van der Waals surface area contributed by atoms with Gasteiger partial charge in [-0.2, -0.15) is 13.2 Å². The summed E-state index contributed by atoms with van der Waals surface area (Å²) in [5, 5.41) is 8.05. The van der Waals surface area contributed by atoms with Crippen molar-refractivity contribution >= 4 is 11.3 Å². The van der Waals surface area contributed by atoms with Gasteiger partial charge in [0.25, 0.3) is 0 Å². The lowest BCUT2D eigenvalue weighted by Gasteiger charge is -2.55. The second-order valence-corrected chi connectivity index (χ2v) is 10.4. The summed E-state index contributed by atoms with van der Waals surface area (Å²) in [5.74, 6) is -0.117. The summed E-state index contributed by atoms with van der Waals surface area (Å²) in [7, 11) is 0. The second-order valence-electron chi connectivity index (χ2n) is 10.4. The number of alkyl halides is 3. The van der Waals surface area contributed by atoms with Gasteiger partial charge in [0.05, 0.1) is 5.69 Å². The Morgan fingerprint density at radius 1 is 1.03 bits per heavy atom. The normalized spacial score (nSPS) is 20.5. The van der Waals surface area contributed by atoms with E-state index in [1.54, 1.807) is 12.3 Å². The number of anilines is 1. The minimum Gasteiger partial charge on any atom is -0.370 e. The van der Waals surface area contributed by atoms with E-state index in [9.17, 15) is 22.0 Å². The number of piperidine rings is 1. The Balaban J connectivity index is 1.23. The Morgan fingerprint density at radius 3 is 2.54 bits per heavy atom. The molecule has 1 spiro atoms. The molecule has 2 aromatic heterocycles. The van der Waals surface area contributed by atoms with E-state index in [1.807, 2.05) is 4.90 Å². The van der Waals surface area contributed by atoms with E-state index in [2.05, 4.69) is 15.1 Å². The van der Waals surface area contributed by atoms with Crippen LogP contribution in [0.4, 0.5) is 27.6 Å². The van der Waals surface area contributed by atoms with Crippen molar-refractivity contribution in [1.29, 1.82) is 0 Å². The average Bonchev–Trinajstić information content (AvgIpc) is 3.51. The summed E-state index contributed by atoms with van der Waals surface area (Å²) in [6, 6.07) is 5.12. The highest BCUT2D eigenvalue weighted by Crippen LogP contribution is 2.45. The monoisotopic (exact) mass is 491 g/mol. The number of aromatic nitrogens is 3. The van der Waals surface area contributed by atoms with Crippen molar-refractivity contribution in [2.24, 2.45) is 11.3 Å². The second kappa shape index (κ2) is 8.15. The van der Waals surface area contributed by atoms with Crippen molar-refractivity contribution < 1.29 is 22.0 Å². The number of likely N-dealkylation sites (tertiary alicyclic amines) is 1. The number of pyridine rings is 1. The van der Waals surface area contributed by atoms with Gasteiger partial charge >= 0.3 is 6.18 Å². The van der Waals surface area contributed by atoms with Crippen molar-refractivity contribution in [3.05, 3.63) is 59.0 Å². The Morgan fingerprint density at radius 2 is 1.83 bits per heavy atom. The highest BCUT2D eigenvalue weighted by Gasteiger charge is 2.47. The number of rotatable bonds is 5. The molecule has 1 saturated carbocycles. The molecule has 35 heavy (non-hydrogen) atoms. The number of fused-ring (bicyclic) bond motifs is 1. The van der Waals surface area contributed by atoms with E-state index in [4.69, 9.17) is 0 Å². The van der Waals surface area contributed by atoms with Gasteiger partial charge in [-0.05, 0) is 43.7 Å². The van der Waals surface area contributed by atoms with Crippen LogP contribution in [0.3, 0.4) is 0 Å². The van der Waals surface area contributed by atoms with Crippen LogP contribution < -0.4 is 4.90 Å². The number of benzene rings is 1. The van der Waals surface area contributed by atoms with Gasteiger partial charge in [0.15, 0.2) is 5.65 Å². The number of hydrogen-bond donors (Lipinski definition) is 0. The summed E-state index contributed by atoms with van der Waals surface area (Å²) >= 11 is 0. The van der Waals surface area contributed by atoms with Crippen LogP contribution >= 0.6 is 0 Å². The minimum absolute atomic E-state index is 0.132. The van der Waals surface area contributed by atoms with Gasteiger partial charge in [0.2, 0.25) is 0 Å². The zero-order valence-corrected chi connectivity index (χ0v) is 19.2. The molecule has 186 valence electrons. The van der Waals surface area contributed by atoms with E-state index < -0.39 is 23.4 Å². The zero-order valence-electron chi connectivity index (χ0n) is 19.2. The van der Waals surface area contributed by atoms with Crippen molar-refractivity contribution in [3.8, 4) is 0 Å². The average molecular weight is 492 g/mol. The third kappa shape index (κ3) is 4.26. The fraction of sp³-hybridized carbons (Fsp3) is 0.520. The summed E-state index contributed by atoms with van der Waals surface area (Å²) in [6.45, 7) is 2.73. The number of halogens is 5. The summed E-state index contributed by atoms with van der Waals surface area (Å²) < 4.78 is 71.6. The topological polar surface area (TPSA) is 36.7 Å². The molecule has 6 rings (SSSR count). The van der Waals surface area contributed by atoms with Crippen molar-refractivity contribution in [1.82, 2.24) is 19.5 Å². The molecule has 3 aromatic rings. The Labute approximate surface area is 199 Å². The molecule has 10 heteroatoms. The first-order valence-electron chi connectivity index (χ1n) is 12.1. The molecule has 1 aromatic carbocycles. The molecule has 4 heterocycles. The van der Waals surface area contributed by atoms with E-state index in [0.29, 0.717) is 56.5 Å². The molecule has 1 aliphatic carbocycles. The highest BCUT2D eigenvalue weighted by molar-refractivity contribution is 5.67. The first kappa shape index (κ1) is 22.7. The first-order chi connectivity index (χ1) is 16.7. The largest absolute Gasteiger partial charge is 0.422 e. The zero-order chi connectivity index (χ0) is 24.4. The standard InChI is InChI=1S/C25H26F5N5/c26-18-5-4-17(19(27)11-18)12-33-13-24(14-33)7-1-8-34(15-24)20-6-9-35-21(10-16-2-3-16)31-32-23(35)22(20)25(28,29)30/h4-6,9,11,16H,1-3,7-8,10,12-15H2. The maximum absolute atomic E-state index is 14.3. The molecule has 0 N–H and O–H groups in total. The molecule has 0 radical (unpaired) electrons. The summed E-state index contributed by atoms with van der Waals surface area (Å²) in [4.78, 5) is 3.90. The van der Waals surface area contributed by atoms with E-state index in [0.717, 1.165) is 31.7 Å². The van der Waals surface area contributed by atoms with Crippen LogP contribution in [0.25, 0.3) is 5.65 Å². The number of nitrogens with zero attached hydrogens (tertiary/aromatic N) is 5. The molecular formula is C25H26F5N5. The molecule has 3 fully saturated rings. The smallest absolute Gasteiger partial charge is 0.370 e. The van der Waals surface area contributed by atoms with Gasteiger partial charge in [-0.3, -0.25) is 9.30 Å². The number of hydrogen-bond acceptors (Lipinski definition) is 4. The van der Waals surface area contributed by atoms with Gasteiger partial charge < -0.3 is 4.90 Å². The summed E-state index contributed by atoms with van der Waals surface area (Å²) in [5.41, 5.74) is -0.428. The molecular weight excluding hydrogens is 465 g/mol. The fourth-order valence-corrected chi connectivity index (χ4v) is 5.83. The fourth-order valence-electron chi connectivity index (χ4n) is 5.83. The molecule has 0 amide bonds. The van der Waals surface area contributed by atoms with Crippen molar-refractivity contribution in [2.45, 2.75) is 44.8 Å². The Hall–Kier alpha value is -2.75. The van der Waals surface area contributed by atoms with Gasteiger partial charge in [0, 0.05) is 62.4 Å². The van der Waals surface area contributed by atoms with Crippen molar-refractivity contribution in [2.75, 3.05) is 31.1 Å². The predicted octanol–water partition coefficient (Wildman–Crippen LogP) is 5.08. The Kier molecular flexibility index (Phi) is 5.28. The first-order valence-corrected chi connectivity index (χ1v) is 12.1. The predicted molar refractivity (Wildman–Crippen MR) is 120 cm³/mol. The summed E-state index contributed by atoms with van der Waals surface area (Å²) in [6.07, 6.45) is 1.61. The van der Waals surface area contributed by atoms with Crippen LogP contribution in [0, 0.1) is 23.0 Å². The highest BCUT2D eigenvalue weighted by atomic mass is 19.4. The molecule has 2 aliphatic heterocycles. The molecule has 0 unspecified atom stereocenters. The minimum atomic E-state index is -4.56. The van der Waals surface area contributed by atoms with Crippen LogP contribution in [-0.4, -0.2) is 45.7 Å². The lowest BCUT2D eigenvalue weighted by Crippen LogP contribution is -2.62. The lowest BCUT2D eigenvalue weighted by atomic mass is 9.73. The van der Waals surface area contributed by atoms with Gasteiger partial charge in [-0.25, -0.2) is 8.78 Å². The molecule has 5 nitrogen and oxygen atoms in total. The van der Waals surface area contributed by atoms with Crippen LogP contribution in [0.1, 0.15) is 42.6 Å². The van der Waals surface area contributed by atoms with Gasteiger partial charge in [-0.15, -0.1) is 10.2 Å². The quantitative estimate of drug-likeness (QED) is 0.467. The van der Waals surface area contributed by atoms with Crippen LogP contribution in [0.15, 0.2) is 30.5 Å². The van der Waals surface area contributed by atoms with Crippen LogP contribution in [0.2, 0.25) is 0 Å². The molecule has 0 atom stereocenters. The molecule has 3 aliphatic rings. The lowest BCUT2D eigenvalue weighted by molar-refractivity contribution is -0.136. The maximum Gasteiger partial charge on any atom is 0.422 e. The third-order valence-electron chi connectivity index (χ3n) is 7.61. The molecule has 2 saturated heterocycles. The maximum atomic E-state index is 14.3. The Bertz CT molecular complexity index is 1260. The molecule has 0 bridgehead atoms. The SMILES string of the molecule is Fc1ccc(CN2CC3(CCCN(c4ccn5c(CC6CC6)nnc5c4C(F)(F)F)C3)C2)c(F)c1. The van der Waals surface area contributed by atoms with E-state index >= 15 is 0 Å². The van der Waals surface area contributed by atoms with Crippen LogP contribution in [0.5, 0.6) is 0 Å². The van der Waals surface area contributed by atoms with E-state index in [1.165, 1.54) is 16.5 Å². The van der Waals surface area contributed by atoms with Gasteiger partial charge in [0.1, 0.15) is 23.0 Å². The van der Waals surface area contributed by atoms with Crippen molar-refractivity contribution in [3.63, 3.8) is 0 Å². The van der Waals surface area contributed by atoms with Crippen LogP contribution in [-0.2, 0) is 19.1 Å². The third-order valence-corrected chi connectivity index (χ3v) is 7.61. The van der Waals surface area contributed by atoms with E-state index in [-0.39, 0.29) is 16.7 Å².